The van der Waals surface area contributed by atoms with Crippen LogP contribution >= 0.6 is 22.9 Å². The first kappa shape index (κ1) is 13.3. The third-order valence-electron chi connectivity index (χ3n) is 3.29. The number of hydrogen-bond acceptors (Lipinski definition) is 2. The van der Waals surface area contributed by atoms with Gasteiger partial charge in [0.05, 0.1) is 0 Å². The average Bonchev–Trinajstić information content (AvgIpc) is 2.85. The van der Waals surface area contributed by atoms with Gasteiger partial charge in [0, 0.05) is 22.6 Å². The predicted molar refractivity (Wildman–Crippen MR) is 85.7 cm³/mol. The van der Waals surface area contributed by atoms with E-state index in [2.05, 4.69) is 17.5 Å². The van der Waals surface area contributed by atoms with Crippen LogP contribution in [0.1, 0.15) is 11.1 Å². The second kappa shape index (κ2) is 5.78. The molecule has 100 valence electrons. The van der Waals surface area contributed by atoms with Crippen molar-refractivity contribution in [2.75, 3.05) is 0 Å². The number of benzene rings is 2. The van der Waals surface area contributed by atoms with Gasteiger partial charge in [0.2, 0.25) is 0 Å². The number of halogens is 1. The van der Waals surface area contributed by atoms with Crippen molar-refractivity contribution >= 4 is 38.8 Å². The number of fused-ring (bicyclic) bond motifs is 1. The van der Waals surface area contributed by atoms with E-state index in [0.717, 1.165) is 11.1 Å². The summed E-state index contributed by atoms with van der Waals surface area (Å²) in [6.07, 6.45) is 0.860. The number of thiophene rings is 1. The van der Waals surface area contributed by atoms with Crippen molar-refractivity contribution in [3.63, 3.8) is 0 Å². The minimum Gasteiger partial charge on any atom is -0.299 e. The summed E-state index contributed by atoms with van der Waals surface area (Å²) in [6.45, 7) is 0. The number of carbonyl (C=O) groups excluding carboxylic acids is 1. The Morgan fingerprint density at radius 3 is 2.50 bits per heavy atom. The van der Waals surface area contributed by atoms with Crippen LogP contribution in [-0.2, 0) is 17.6 Å². The number of hydrogen-bond donors (Lipinski definition) is 0. The van der Waals surface area contributed by atoms with Crippen LogP contribution in [0.15, 0.2) is 53.9 Å². The zero-order valence-corrected chi connectivity index (χ0v) is 12.4. The lowest BCUT2D eigenvalue weighted by atomic mass is 10.0. The largest absolute Gasteiger partial charge is 0.299 e. The van der Waals surface area contributed by atoms with Crippen LogP contribution in [0, 0.1) is 0 Å². The van der Waals surface area contributed by atoms with Crippen LogP contribution in [0.2, 0.25) is 5.02 Å². The summed E-state index contributed by atoms with van der Waals surface area (Å²) in [6, 6.07) is 15.7. The minimum absolute atomic E-state index is 0.196. The number of ketones is 1. The standard InChI is InChI=1S/C17H13ClOS/c18-16-7-3-1-5-12(16)9-14(19)10-13-11-20-17-8-4-2-6-15(13)17/h1-8,11H,9-10H2. The van der Waals surface area contributed by atoms with Crippen molar-refractivity contribution in [2.45, 2.75) is 12.8 Å². The zero-order chi connectivity index (χ0) is 13.9. The van der Waals surface area contributed by atoms with E-state index >= 15 is 0 Å². The Labute approximate surface area is 126 Å². The molecular weight excluding hydrogens is 288 g/mol. The molecule has 0 saturated heterocycles. The third-order valence-corrected chi connectivity index (χ3v) is 4.68. The molecule has 0 bridgehead atoms. The number of rotatable bonds is 4. The van der Waals surface area contributed by atoms with E-state index < -0.39 is 0 Å². The van der Waals surface area contributed by atoms with Crippen LogP contribution < -0.4 is 0 Å². The van der Waals surface area contributed by atoms with E-state index in [1.54, 1.807) is 11.3 Å². The molecule has 0 aliphatic heterocycles. The number of carbonyl (C=O) groups is 1. The van der Waals surface area contributed by atoms with Crippen LogP contribution in [0.4, 0.5) is 0 Å². The van der Waals surface area contributed by atoms with Crippen molar-refractivity contribution in [1.29, 1.82) is 0 Å². The van der Waals surface area contributed by atoms with E-state index in [9.17, 15) is 4.79 Å². The molecule has 2 aromatic carbocycles. The topological polar surface area (TPSA) is 17.1 Å². The highest BCUT2D eigenvalue weighted by Gasteiger charge is 2.11. The quantitative estimate of drug-likeness (QED) is 0.669. The molecule has 0 amide bonds. The molecule has 1 heterocycles. The highest BCUT2D eigenvalue weighted by atomic mass is 35.5. The van der Waals surface area contributed by atoms with E-state index in [1.807, 2.05) is 36.4 Å². The van der Waals surface area contributed by atoms with Gasteiger partial charge in [-0.25, -0.2) is 0 Å². The van der Waals surface area contributed by atoms with E-state index in [1.165, 1.54) is 10.1 Å². The molecule has 1 nitrogen and oxygen atoms in total. The van der Waals surface area contributed by atoms with E-state index in [4.69, 9.17) is 11.6 Å². The van der Waals surface area contributed by atoms with E-state index in [-0.39, 0.29) is 5.78 Å². The Kier molecular flexibility index (Phi) is 3.86. The van der Waals surface area contributed by atoms with Crippen LogP contribution in [0.25, 0.3) is 10.1 Å². The smallest absolute Gasteiger partial charge is 0.141 e. The Bertz CT molecular complexity index is 760. The van der Waals surface area contributed by atoms with Gasteiger partial charge < -0.3 is 0 Å². The van der Waals surface area contributed by atoms with Gasteiger partial charge in [-0.3, -0.25) is 4.79 Å². The molecule has 3 heteroatoms. The average molecular weight is 301 g/mol. The maximum absolute atomic E-state index is 12.2. The number of Topliss-reactive ketones (excluding diaryl/α,β-unsaturated/α-hetero) is 1. The van der Waals surface area contributed by atoms with Gasteiger partial charge in [-0.2, -0.15) is 0 Å². The highest BCUT2D eigenvalue weighted by Crippen LogP contribution is 2.26. The first-order valence-electron chi connectivity index (χ1n) is 6.44. The maximum Gasteiger partial charge on any atom is 0.141 e. The summed E-state index contributed by atoms with van der Waals surface area (Å²) in [5.74, 6) is 0.196. The molecule has 0 N–H and O–H groups in total. The minimum atomic E-state index is 0.196. The molecule has 20 heavy (non-hydrogen) atoms. The molecule has 3 rings (SSSR count). The second-order valence-electron chi connectivity index (χ2n) is 4.74. The molecule has 0 aliphatic carbocycles. The second-order valence-corrected chi connectivity index (χ2v) is 6.06. The Morgan fingerprint density at radius 2 is 1.65 bits per heavy atom. The van der Waals surface area contributed by atoms with Gasteiger partial charge in [-0.15, -0.1) is 11.3 Å². The van der Waals surface area contributed by atoms with Crippen LogP contribution in [-0.4, -0.2) is 5.78 Å². The molecule has 3 aromatic rings. The van der Waals surface area contributed by atoms with Gasteiger partial charge in [-0.05, 0) is 34.0 Å². The van der Waals surface area contributed by atoms with Crippen LogP contribution in [0.3, 0.4) is 0 Å². The molecule has 0 aliphatic rings. The summed E-state index contributed by atoms with van der Waals surface area (Å²) in [5.41, 5.74) is 2.02. The Morgan fingerprint density at radius 1 is 0.950 bits per heavy atom. The summed E-state index contributed by atoms with van der Waals surface area (Å²) in [5, 5.41) is 3.93. The lowest BCUT2D eigenvalue weighted by Crippen LogP contribution is -2.06. The SMILES string of the molecule is O=C(Cc1ccccc1Cl)Cc1csc2ccccc12. The molecule has 0 unspecified atom stereocenters. The van der Waals surface area contributed by atoms with Gasteiger partial charge in [0.15, 0.2) is 0 Å². The van der Waals surface area contributed by atoms with Crippen LogP contribution in [0.5, 0.6) is 0 Å². The molecule has 0 saturated carbocycles. The molecule has 0 atom stereocenters. The Hall–Kier alpha value is -1.64. The van der Waals surface area contributed by atoms with Gasteiger partial charge >= 0.3 is 0 Å². The van der Waals surface area contributed by atoms with Gasteiger partial charge in [-0.1, -0.05) is 48.0 Å². The van der Waals surface area contributed by atoms with Crippen molar-refractivity contribution in [2.24, 2.45) is 0 Å². The fourth-order valence-electron chi connectivity index (χ4n) is 2.30. The maximum atomic E-state index is 12.2. The zero-order valence-electron chi connectivity index (χ0n) is 10.8. The Balaban J connectivity index is 1.78. The third kappa shape index (κ3) is 2.77. The molecule has 0 spiro atoms. The molecule has 0 fully saturated rings. The first-order valence-corrected chi connectivity index (χ1v) is 7.70. The van der Waals surface area contributed by atoms with Crippen molar-refractivity contribution < 1.29 is 4.79 Å². The molecule has 0 radical (unpaired) electrons. The summed E-state index contributed by atoms with van der Waals surface area (Å²) >= 11 is 7.78. The van der Waals surface area contributed by atoms with E-state index in [0.29, 0.717) is 17.9 Å². The highest BCUT2D eigenvalue weighted by molar-refractivity contribution is 7.17. The lowest BCUT2D eigenvalue weighted by Gasteiger charge is -2.03. The summed E-state index contributed by atoms with van der Waals surface area (Å²) < 4.78 is 1.23. The van der Waals surface area contributed by atoms with Crippen molar-refractivity contribution in [3.8, 4) is 0 Å². The fraction of sp³-hybridized carbons (Fsp3) is 0.118. The lowest BCUT2D eigenvalue weighted by molar-refractivity contribution is -0.117. The molecular formula is C17H13ClOS. The monoisotopic (exact) mass is 300 g/mol. The summed E-state index contributed by atoms with van der Waals surface area (Å²) in [7, 11) is 0. The predicted octanol–water partition coefficient (Wildman–Crippen LogP) is 4.91. The fourth-order valence-corrected chi connectivity index (χ4v) is 3.46. The molecule has 1 aromatic heterocycles. The van der Waals surface area contributed by atoms with Crippen molar-refractivity contribution in [1.82, 2.24) is 0 Å². The van der Waals surface area contributed by atoms with Gasteiger partial charge in [0.25, 0.3) is 0 Å². The first-order chi connectivity index (χ1) is 9.74. The summed E-state index contributed by atoms with van der Waals surface area (Å²) in [4.78, 5) is 12.2. The normalized spacial score (nSPS) is 10.8. The van der Waals surface area contributed by atoms with Crippen molar-refractivity contribution in [3.05, 3.63) is 70.1 Å². The van der Waals surface area contributed by atoms with Gasteiger partial charge in [0.1, 0.15) is 5.78 Å².